The summed E-state index contributed by atoms with van der Waals surface area (Å²) in [5, 5.41) is 8.79. The number of hydrogen-bond donors (Lipinski definition) is 1. The van der Waals surface area contributed by atoms with Gasteiger partial charge >= 0.3 is 5.95 Å². The van der Waals surface area contributed by atoms with Gasteiger partial charge in [0.25, 0.3) is 0 Å². The Balaban J connectivity index is 1.64. The second-order valence-electron chi connectivity index (χ2n) is 4.86. The summed E-state index contributed by atoms with van der Waals surface area (Å²) in [6, 6.07) is 5.76. The average molecular weight is 282 g/mol. The van der Waals surface area contributed by atoms with Gasteiger partial charge in [0.1, 0.15) is 18.1 Å². The fourth-order valence-electron chi connectivity index (χ4n) is 2.32. The van der Waals surface area contributed by atoms with Crippen molar-refractivity contribution in [2.45, 2.75) is 0 Å². The molecule has 21 heavy (non-hydrogen) atoms. The molecule has 3 heterocycles. The van der Waals surface area contributed by atoms with Crippen LogP contribution >= 0.6 is 0 Å². The van der Waals surface area contributed by atoms with Crippen molar-refractivity contribution in [3.05, 3.63) is 36.3 Å². The van der Waals surface area contributed by atoms with Crippen molar-refractivity contribution in [3.63, 3.8) is 0 Å². The predicted molar refractivity (Wildman–Crippen MR) is 78.6 cm³/mol. The van der Waals surface area contributed by atoms with Gasteiger partial charge in [0, 0.05) is 6.20 Å². The molecule has 7 heteroatoms. The van der Waals surface area contributed by atoms with E-state index in [-0.39, 0.29) is 0 Å². The van der Waals surface area contributed by atoms with Gasteiger partial charge in [0.05, 0.1) is 43.6 Å². The number of aromatic nitrogens is 3. The van der Waals surface area contributed by atoms with Crippen LogP contribution < -0.4 is 20.5 Å². The third-order valence-corrected chi connectivity index (χ3v) is 3.48. The van der Waals surface area contributed by atoms with Crippen LogP contribution in [0.5, 0.6) is 0 Å². The highest BCUT2D eigenvalue weighted by Crippen LogP contribution is 2.15. The molecule has 3 N–H and O–H groups in total. The summed E-state index contributed by atoms with van der Waals surface area (Å²) in [5.74, 6) is 1.74. The molecule has 7 nitrogen and oxygen atoms in total. The van der Waals surface area contributed by atoms with E-state index in [1.165, 1.54) is 0 Å². The lowest BCUT2D eigenvalue weighted by molar-refractivity contribution is -0.367. The molecule has 1 aliphatic rings. The summed E-state index contributed by atoms with van der Waals surface area (Å²) in [6.45, 7) is 3.43. The largest absolute Gasteiger partial charge is 0.394 e. The fraction of sp³-hybridized carbons (Fsp3) is 0.286. The van der Waals surface area contributed by atoms with Gasteiger partial charge in [-0.05, 0) is 12.1 Å². The summed E-state index contributed by atoms with van der Waals surface area (Å²) < 4.78 is 0. The van der Waals surface area contributed by atoms with E-state index in [1.807, 2.05) is 6.07 Å². The Kier molecular flexibility index (Phi) is 3.51. The number of nitriles is 1. The van der Waals surface area contributed by atoms with E-state index in [0.29, 0.717) is 11.3 Å². The van der Waals surface area contributed by atoms with Crippen molar-refractivity contribution < 1.29 is 4.98 Å². The van der Waals surface area contributed by atoms with Crippen molar-refractivity contribution in [1.82, 2.24) is 9.97 Å². The molecule has 0 unspecified atom stereocenters. The molecular formula is C14H16N7+. The lowest BCUT2D eigenvalue weighted by Gasteiger charge is -2.31. The summed E-state index contributed by atoms with van der Waals surface area (Å²) in [5.41, 5.74) is 6.83. The Morgan fingerprint density at radius 1 is 1.10 bits per heavy atom. The van der Waals surface area contributed by atoms with E-state index < -0.39 is 0 Å². The highest BCUT2D eigenvalue weighted by molar-refractivity contribution is 5.44. The quantitative estimate of drug-likeness (QED) is 0.837. The van der Waals surface area contributed by atoms with Crippen molar-refractivity contribution in [3.8, 4) is 6.07 Å². The van der Waals surface area contributed by atoms with Crippen LogP contribution in [0.25, 0.3) is 0 Å². The summed E-state index contributed by atoms with van der Waals surface area (Å²) in [4.78, 5) is 16.1. The molecule has 2 aromatic rings. The molecule has 0 aromatic carbocycles. The first-order chi connectivity index (χ1) is 10.3. The molecule has 2 aromatic heterocycles. The molecule has 1 saturated heterocycles. The molecule has 106 valence electrons. The number of nitrogens with two attached hydrogens (primary N) is 1. The first-order valence-electron chi connectivity index (χ1n) is 6.75. The van der Waals surface area contributed by atoms with Crippen molar-refractivity contribution in [1.29, 1.82) is 5.26 Å². The van der Waals surface area contributed by atoms with E-state index in [2.05, 4.69) is 30.8 Å². The van der Waals surface area contributed by atoms with Crippen molar-refractivity contribution in [2.24, 2.45) is 0 Å². The molecule has 0 atom stereocenters. The lowest BCUT2D eigenvalue weighted by Crippen LogP contribution is -2.48. The zero-order valence-electron chi connectivity index (χ0n) is 11.5. The minimum absolute atomic E-state index is 0.582. The maximum absolute atomic E-state index is 8.79. The summed E-state index contributed by atoms with van der Waals surface area (Å²) >= 11 is 0. The van der Waals surface area contributed by atoms with E-state index >= 15 is 0 Å². The van der Waals surface area contributed by atoms with Gasteiger partial charge < -0.3 is 10.6 Å². The monoisotopic (exact) mass is 282 g/mol. The number of aromatic amines is 1. The van der Waals surface area contributed by atoms with Crippen LogP contribution in [0.4, 0.5) is 17.5 Å². The molecule has 1 fully saturated rings. The topological polar surface area (TPSA) is 96.2 Å². The SMILES string of the molecule is N#Cc1ccc(N2CCN(c3ncc(N)c[nH+]3)CC2)nc1. The average Bonchev–Trinajstić information content (AvgIpc) is 2.56. The number of hydrogen-bond acceptors (Lipinski definition) is 6. The first-order valence-corrected chi connectivity index (χ1v) is 6.75. The van der Waals surface area contributed by atoms with E-state index in [4.69, 9.17) is 11.0 Å². The molecule has 0 spiro atoms. The standard InChI is InChI=1S/C14H15N7/c15-7-11-1-2-13(17-8-11)20-3-5-21(6-4-20)14-18-9-12(16)10-19-14/h1-2,8-10H,3-6,16H2/p+1. The maximum atomic E-state index is 8.79. The van der Waals surface area contributed by atoms with E-state index in [9.17, 15) is 0 Å². The zero-order chi connectivity index (χ0) is 14.7. The predicted octanol–water partition coefficient (Wildman–Crippen LogP) is 0.0712. The van der Waals surface area contributed by atoms with Gasteiger partial charge in [-0.1, -0.05) is 4.98 Å². The van der Waals surface area contributed by atoms with Crippen LogP contribution in [0.3, 0.4) is 0 Å². The molecule has 0 saturated carbocycles. The Morgan fingerprint density at radius 2 is 1.86 bits per heavy atom. The molecule has 0 aliphatic carbocycles. The molecule has 1 aliphatic heterocycles. The first kappa shape index (κ1) is 13.1. The number of pyridine rings is 1. The van der Waals surface area contributed by atoms with Crippen LogP contribution in [0.2, 0.25) is 0 Å². The van der Waals surface area contributed by atoms with Gasteiger partial charge in [0.2, 0.25) is 0 Å². The second-order valence-corrected chi connectivity index (χ2v) is 4.86. The van der Waals surface area contributed by atoms with Gasteiger partial charge in [-0.25, -0.2) is 9.97 Å². The third-order valence-electron chi connectivity index (χ3n) is 3.48. The number of piperazine rings is 1. The van der Waals surface area contributed by atoms with Crippen LogP contribution in [-0.4, -0.2) is 36.1 Å². The van der Waals surface area contributed by atoms with Crippen LogP contribution in [0, 0.1) is 11.3 Å². The van der Waals surface area contributed by atoms with Crippen LogP contribution in [0.1, 0.15) is 5.56 Å². The van der Waals surface area contributed by atoms with Crippen LogP contribution in [-0.2, 0) is 0 Å². The highest BCUT2D eigenvalue weighted by Gasteiger charge is 2.24. The van der Waals surface area contributed by atoms with E-state index in [1.54, 1.807) is 24.7 Å². The number of anilines is 3. The van der Waals surface area contributed by atoms with E-state index in [0.717, 1.165) is 37.9 Å². The van der Waals surface area contributed by atoms with Gasteiger partial charge in [-0.15, -0.1) is 0 Å². The highest BCUT2D eigenvalue weighted by atomic mass is 15.3. The van der Waals surface area contributed by atoms with Crippen LogP contribution in [0.15, 0.2) is 30.7 Å². The summed E-state index contributed by atoms with van der Waals surface area (Å²) in [6.07, 6.45) is 5.01. The number of nitrogen functional groups attached to an aromatic ring is 1. The Bertz CT molecular complexity index is 637. The second kappa shape index (κ2) is 5.63. The molecule has 0 radical (unpaired) electrons. The van der Waals surface area contributed by atoms with Crippen molar-refractivity contribution in [2.75, 3.05) is 41.7 Å². The minimum atomic E-state index is 0.582. The Morgan fingerprint density at radius 3 is 2.43 bits per heavy atom. The molecule has 3 rings (SSSR count). The lowest BCUT2D eigenvalue weighted by atomic mass is 10.2. The van der Waals surface area contributed by atoms with Gasteiger partial charge in [0.15, 0.2) is 0 Å². The fourth-order valence-corrected chi connectivity index (χ4v) is 2.32. The smallest absolute Gasteiger partial charge is 0.391 e. The normalized spacial score (nSPS) is 14.8. The molecule has 0 bridgehead atoms. The number of nitrogens with zero attached hydrogens (tertiary/aromatic N) is 5. The number of rotatable bonds is 2. The Hall–Kier alpha value is -2.88. The number of H-pyrrole nitrogens is 1. The zero-order valence-corrected chi connectivity index (χ0v) is 11.5. The number of nitrogens with one attached hydrogen (secondary N) is 1. The van der Waals surface area contributed by atoms with Gasteiger partial charge in [-0.3, -0.25) is 4.90 Å². The molecular weight excluding hydrogens is 266 g/mol. The van der Waals surface area contributed by atoms with Crippen molar-refractivity contribution >= 4 is 17.5 Å². The van der Waals surface area contributed by atoms with Gasteiger partial charge in [-0.2, -0.15) is 5.26 Å². The summed E-state index contributed by atoms with van der Waals surface area (Å²) in [7, 11) is 0. The Labute approximate surface area is 122 Å². The third kappa shape index (κ3) is 2.84. The maximum Gasteiger partial charge on any atom is 0.391 e. The minimum Gasteiger partial charge on any atom is -0.394 e. The molecule has 0 amide bonds.